The summed E-state index contributed by atoms with van der Waals surface area (Å²) in [7, 11) is 1.29. The Morgan fingerprint density at radius 1 is 1.50 bits per heavy atom. The van der Waals surface area contributed by atoms with E-state index >= 15 is 0 Å². The molecule has 18 heavy (non-hydrogen) atoms. The smallest absolute Gasteiger partial charge is 0.413 e. The number of hydrogen-bond acceptors (Lipinski definition) is 6. The van der Waals surface area contributed by atoms with Gasteiger partial charge in [-0.15, -0.1) is 11.3 Å². The number of carbonyl (C=O) groups is 2. The largest absolute Gasteiger partial charge is 0.465 e. The van der Waals surface area contributed by atoms with E-state index in [2.05, 4.69) is 20.1 Å². The molecule has 0 aliphatic rings. The molecule has 1 rings (SSSR count). The van der Waals surface area contributed by atoms with Crippen molar-refractivity contribution in [3.8, 4) is 0 Å². The number of nitrogens with one attached hydrogen (secondary N) is 2. The van der Waals surface area contributed by atoms with Gasteiger partial charge in [-0.3, -0.25) is 5.32 Å². The second-order valence-corrected chi connectivity index (χ2v) is 4.28. The number of hydrogen-bond donors (Lipinski definition) is 2. The molecule has 0 unspecified atom stereocenters. The zero-order chi connectivity index (χ0) is 13.5. The van der Waals surface area contributed by atoms with Crippen molar-refractivity contribution in [2.24, 2.45) is 0 Å². The first-order valence-corrected chi connectivity index (χ1v) is 6.27. The Kier molecular flexibility index (Phi) is 5.53. The summed E-state index contributed by atoms with van der Waals surface area (Å²) >= 11 is 6.12. The van der Waals surface area contributed by atoms with Gasteiger partial charge < -0.3 is 14.8 Å². The lowest BCUT2D eigenvalue weighted by atomic mass is 10.4. The Balaban J connectivity index is 2.62. The van der Waals surface area contributed by atoms with Crippen LogP contribution in [0.15, 0.2) is 11.4 Å². The minimum atomic E-state index is -0.648. The van der Waals surface area contributed by atoms with Crippen molar-refractivity contribution in [1.29, 1.82) is 0 Å². The second kappa shape index (κ2) is 6.92. The van der Waals surface area contributed by atoms with Crippen molar-refractivity contribution in [1.82, 2.24) is 5.32 Å². The van der Waals surface area contributed by atoms with Gasteiger partial charge in [0.1, 0.15) is 4.88 Å². The molecule has 2 N–H and O–H groups in total. The van der Waals surface area contributed by atoms with Crippen LogP contribution in [0.5, 0.6) is 0 Å². The molecule has 6 nitrogen and oxygen atoms in total. The van der Waals surface area contributed by atoms with E-state index in [0.717, 1.165) is 0 Å². The topological polar surface area (TPSA) is 76.7 Å². The Labute approximate surface area is 113 Å². The molecular formula is C10H12N2O4S2. The number of rotatable bonds is 3. The molecule has 98 valence electrons. The number of ether oxygens (including phenoxy) is 2. The quantitative estimate of drug-likeness (QED) is 0.654. The summed E-state index contributed by atoms with van der Waals surface area (Å²) in [5.74, 6) is -0.466. The Bertz CT molecular complexity index is 458. The molecule has 1 amide bonds. The maximum absolute atomic E-state index is 11.4. The third-order valence-corrected chi connectivity index (χ3v) is 2.87. The number of thiocarbonyl (C=S) groups is 1. The standard InChI is InChI=1S/C10H12N2O4S2/c1-3-16-10(14)12-9(17)11-6-4-5-18-7(6)8(13)15-2/h4-5H,3H2,1-2H3,(H2,11,12,14,17). The molecule has 1 heterocycles. The number of esters is 1. The number of carbonyl (C=O) groups excluding carboxylic acids is 2. The number of anilines is 1. The van der Waals surface area contributed by atoms with E-state index in [4.69, 9.17) is 12.2 Å². The first-order chi connectivity index (χ1) is 8.58. The van der Waals surface area contributed by atoms with E-state index in [1.807, 2.05) is 0 Å². The van der Waals surface area contributed by atoms with Crippen LogP contribution in [0.4, 0.5) is 10.5 Å². The van der Waals surface area contributed by atoms with Gasteiger partial charge in [0.25, 0.3) is 0 Å². The van der Waals surface area contributed by atoms with Crippen LogP contribution in [0.25, 0.3) is 0 Å². The van der Waals surface area contributed by atoms with E-state index < -0.39 is 12.1 Å². The fraction of sp³-hybridized carbons (Fsp3) is 0.300. The molecule has 8 heteroatoms. The van der Waals surface area contributed by atoms with E-state index in [0.29, 0.717) is 10.6 Å². The summed E-state index contributed by atoms with van der Waals surface area (Å²) in [5.41, 5.74) is 0.480. The molecule has 0 spiro atoms. The Morgan fingerprint density at radius 3 is 2.83 bits per heavy atom. The van der Waals surface area contributed by atoms with Crippen molar-refractivity contribution in [3.63, 3.8) is 0 Å². The number of amides is 1. The maximum atomic E-state index is 11.4. The average Bonchev–Trinajstić information content (AvgIpc) is 2.76. The van der Waals surface area contributed by atoms with Gasteiger partial charge >= 0.3 is 12.1 Å². The van der Waals surface area contributed by atoms with Crippen molar-refractivity contribution < 1.29 is 19.1 Å². The average molecular weight is 288 g/mol. The zero-order valence-electron chi connectivity index (χ0n) is 9.81. The highest BCUT2D eigenvalue weighted by Gasteiger charge is 2.15. The van der Waals surface area contributed by atoms with E-state index in [9.17, 15) is 9.59 Å². The summed E-state index contributed by atoms with van der Waals surface area (Å²) in [4.78, 5) is 22.9. The van der Waals surface area contributed by atoms with Gasteiger partial charge in [0, 0.05) is 0 Å². The fourth-order valence-corrected chi connectivity index (χ4v) is 2.03. The van der Waals surface area contributed by atoms with Crippen LogP contribution < -0.4 is 10.6 Å². The maximum Gasteiger partial charge on any atom is 0.413 e. The molecule has 0 aliphatic heterocycles. The fourth-order valence-electron chi connectivity index (χ4n) is 1.07. The highest BCUT2D eigenvalue weighted by molar-refractivity contribution is 7.80. The van der Waals surface area contributed by atoms with Gasteiger partial charge in [-0.05, 0) is 30.6 Å². The van der Waals surface area contributed by atoms with Gasteiger partial charge in [-0.1, -0.05) is 0 Å². The Hall–Kier alpha value is -1.67. The highest BCUT2D eigenvalue weighted by atomic mass is 32.1. The summed E-state index contributed by atoms with van der Waals surface area (Å²) in [6.45, 7) is 1.94. The van der Waals surface area contributed by atoms with E-state index in [1.165, 1.54) is 18.4 Å². The lowest BCUT2D eigenvalue weighted by molar-refractivity contribution is 0.0607. The molecule has 0 aromatic carbocycles. The van der Waals surface area contributed by atoms with Crippen molar-refractivity contribution >= 4 is 46.4 Å². The third kappa shape index (κ3) is 3.97. The zero-order valence-corrected chi connectivity index (χ0v) is 11.4. The van der Waals surface area contributed by atoms with E-state index in [1.54, 1.807) is 18.4 Å². The molecule has 0 aliphatic carbocycles. The molecule has 1 aromatic rings. The van der Waals surface area contributed by atoms with Crippen LogP contribution in [0.1, 0.15) is 16.6 Å². The summed E-state index contributed by atoms with van der Waals surface area (Å²) in [6, 6.07) is 1.66. The third-order valence-electron chi connectivity index (χ3n) is 1.78. The molecule has 1 aromatic heterocycles. The van der Waals surface area contributed by atoms with Crippen molar-refractivity contribution in [2.45, 2.75) is 6.92 Å². The van der Waals surface area contributed by atoms with Crippen molar-refractivity contribution in [3.05, 3.63) is 16.3 Å². The molecule has 0 bridgehead atoms. The lowest BCUT2D eigenvalue weighted by Gasteiger charge is -2.09. The van der Waals surface area contributed by atoms with Crippen LogP contribution in [0.2, 0.25) is 0 Å². The van der Waals surface area contributed by atoms with Crippen LogP contribution in [-0.2, 0) is 9.47 Å². The molecule has 0 fully saturated rings. The van der Waals surface area contributed by atoms with Crippen LogP contribution in [0, 0.1) is 0 Å². The molecular weight excluding hydrogens is 276 g/mol. The minimum Gasteiger partial charge on any atom is -0.465 e. The monoisotopic (exact) mass is 288 g/mol. The van der Waals surface area contributed by atoms with E-state index in [-0.39, 0.29) is 11.7 Å². The van der Waals surface area contributed by atoms with Crippen LogP contribution >= 0.6 is 23.6 Å². The predicted molar refractivity (Wildman–Crippen MR) is 72.0 cm³/mol. The minimum absolute atomic E-state index is 0.0528. The lowest BCUT2D eigenvalue weighted by Crippen LogP contribution is -2.34. The second-order valence-electron chi connectivity index (χ2n) is 2.95. The van der Waals surface area contributed by atoms with Crippen LogP contribution in [0.3, 0.4) is 0 Å². The SMILES string of the molecule is CCOC(=O)NC(=S)Nc1ccsc1C(=O)OC. The summed E-state index contributed by atoms with van der Waals surface area (Å²) in [6.07, 6.45) is -0.648. The van der Waals surface area contributed by atoms with Gasteiger partial charge in [0.2, 0.25) is 0 Å². The van der Waals surface area contributed by atoms with Crippen molar-refractivity contribution in [2.75, 3.05) is 19.0 Å². The normalized spacial score (nSPS) is 9.44. The van der Waals surface area contributed by atoms with Gasteiger partial charge in [-0.25, -0.2) is 9.59 Å². The Morgan fingerprint density at radius 2 is 2.22 bits per heavy atom. The van der Waals surface area contributed by atoms with Crippen LogP contribution in [-0.4, -0.2) is 30.9 Å². The molecule has 0 saturated carbocycles. The van der Waals surface area contributed by atoms with Gasteiger partial charge in [-0.2, -0.15) is 0 Å². The number of thiophene rings is 1. The first-order valence-electron chi connectivity index (χ1n) is 4.99. The number of alkyl carbamates (subject to hydrolysis) is 1. The van der Waals surface area contributed by atoms with Gasteiger partial charge in [0.05, 0.1) is 19.4 Å². The molecule has 0 saturated heterocycles. The van der Waals surface area contributed by atoms with Gasteiger partial charge in [0.15, 0.2) is 5.11 Å². The molecule has 0 radical (unpaired) electrons. The first kappa shape index (κ1) is 14.4. The number of methoxy groups -OCH3 is 1. The molecule has 0 atom stereocenters. The summed E-state index contributed by atoms with van der Waals surface area (Å²) < 4.78 is 9.28. The highest BCUT2D eigenvalue weighted by Crippen LogP contribution is 2.22. The predicted octanol–water partition coefficient (Wildman–Crippen LogP) is 1.98. The summed E-state index contributed by atoms with van der Waals surface area (Å²) in [5, 5.41) is 6.80.